The fourth-order valence-corrected chi connectivity index (χ4v) is 1.92. The van der Waals surface area contributed by atoms with E-state index < -0.39 is 0 Å². The molecule has 1 heteroatoms. The Balaban J connectivity index is 2.63. The molecule has 0 aromatic heterocycles. The molecule has 1 aliphatic heterocycles. The Kier molecular flexibility index (Phi) is 2.58. The van der Waals surface area contributed by atoms with Crippen molar-refractivity contribution in [3.63, 3.8) is 0 Å². The summed E-state index contributed by atoms with van der Waals surface area (Å²) in [5.41, 5.74) is 0. The van der Waals surface area contributed by atoms with E-state index in [1.165, 1.54) is 0 Å². The van der Waals surface area contributed by atoms with Crippen molar-refractivity contribution in [2.75, 3.05) is 0 Å². The van der Waals surface area contributed by atoms with Crippen LogP contribution in [0, 0.1) is 17.8 Å². The van der Waals surface area contributed by atoms with Gasteiger partial charge >= 0.3 is 0 Å². The van der Waals surface area contributed by atoms with Crippen LogP contribution in [0.3, 0.4) is 0 Å². The Morgan fingerprint density at radius 2 is 1.00 bits per heavy atom. The molecule has 5 atom stereocenters. The summed E-state index contributed by atoms with van der Waals surface area (Å²) < 4.78 is 5.78. The lowest BCUT2D eigenvalue weighted by molar-refractivity contribution is -0.116. The van der Waals surface area contributed by atoms with Crippen LogP contribution in [-0.4, -0.2) is 12.2 Å². The second-order valence-electron chi connectivity index (χ2n) is 4.12. The van der Waals surface area contributed by atoms with Gasteiger partial charge in [-0.05, 0) is 31.6 Å². The zero-order chi connectivity index (χ0) is 8.59. The number of hydrogen-bond donors (Lipinski definition) is 0. The monoisotopic (exact) mass is 156 g/mol. The largest absolute Gasteiger partial charge is 0.375 e. The van der Waals surface area contributed by atoms with Gasteiger partial charge < -0.3 is 4.74 Å². The molecular formula is C10H20O. The summed E-state index contributed by atoms with van der Waals surface area (Å²) in [6.07, 6.45) is 0.882. The van der Waals surface area contributed by atoms with Crippen molar-refractivity contribution in [1.29, 1.82) is 0 Å². The first kappa shape index (κ1) is 9.05. The van der Waals surface area contributed by atoms with Gasteiger partial charge in [0.15, 0.2) is 0 Å². The Hall–Kier alpha value is -0.0400. The molecule has 0 radical (unpaired) electrons. The number of ether oxygens (including phenoxy) is 1. The highest BCUT2D eigenvalue weighted by molar-refractivity contribution is 4.81. The molecule has 0 aromatic rings. The average molecular weight is 156 g/mol. The van der Waals surface area contributed by atoms with E-state index in [0.29, 0.717) is 24.0 Å². The highest BCUT2D eigenvalue weighted by Crippen LogP contribution is 2.34. The van der Waals surface area contributed by atoms with Crippen LogP contribution in [0.4, 0.5) is 0 Å². The molecule has 0 amide bonds. The van der Waals surface area contributed by atoms with Gasteiger partial charge in [0.1, 0.15) is 0 Å². The minimum absolute atomic E-state index is 0.441. The van der Waals surface area contributed by atoms with E-state index in [-0.39, 0.29) is 0 Å². The second kappa shape index (κ2) is 3.14. The van der Waals surface area contributed by atoms with E-state index >= 15 is 0 Å². The Morgan fingerprint density at radius 3 is 1.36 bits per heavy atom. The van der Waals surface area contributed by atoms with Crippen molar-refractivity contribution in [2.45, 2.75) is 46.8 Å². The Labute approximate surface area is 70.1 Å². The molecule has 1 nitrogen and oxygen atoms in total. The zero-order valence-electron chi connectivity index (χ0n) is 8.29. The average Bonchev–Trinajstić information content (AvgIpc) is 1.97. The maximum absolute atomic E-state index is 5.78. The standard InChI is InChI=1S/C10H20O/c1-6-7(2)9(4)11-10(5)8(6)3/h6-10H,1-5H3/t6?,7-,8+,9-,10-/m1/s1. The lowest BCUT2D eigenvalue weighted by Gasteiger charge is -2.41. The van der Waals surface area contributed by atoms with Crippen LogP contribution < -0.4 is 0 Å². The molecule has 66 valence electrons. The molecule has 1 rings (SSSR count). The summed E-state index contributed by atoms with van der Waals surface area (Å²) in [4.78, 5) is 0. The Morgan fingerprint density at radius 1 is 0.636 bits per heavy atom. The first-order valence-corrected chi connectivity index (χ1v) is 4.69. The van der Waals surface area contributed by atoms with Gasteiger partial charge in [-0.25, -0.2) is 0 Å². The predicted octanol–water partition coefficient (Wildman–Crippen LogP) is 2.70. The molecule has 1 unspecified atom stereocenters. The Bertz CT molecular complexity index is 119. The van der Waals surface area contributed by atoms with Gasteiger partial charge in [0.2, 0.25) is 0 Å². The fourth-order valence-electron chi connectivity index (χ4n) is 1.92. The highest BCUT2D eigenvalue weighted by atomic mass is 16.5. The van der Waals surface area contributed by atoms with Gasteiger partial charge in [-0.2, -0.15) is 0 Å². The van der Waals surface area contributed by atoms with Gasteiger partial charge in [0.05, 0.1) is 12.2 Å². The maximum atomic E-state index is 5.78. The summed E-state index contributed by atoms with van der Waals surface area (Å²) in [6.45, 7) is 11.3. The van der Waals surface area contributed by atoms with Crippen LogP contribution in [0.1, 0.15) is 34.6 Å². The van der Waals surface area contributed by atoms with Crippen LogP contribution in [0.15, 0.2) is 0 Å². The predicted molar refractivity (Wildman–Crippen MR) is 47.5 cm³/mol. The topological polar surface area (TPSA) is 9.23 Å². The van der Waals surface area contributed by atoms with Crippen LogP contribution in [0.25, 0.3) is 0 Å². The van der Waals surface area contributed by atoms with E-state index in [9.17, 15) is 0 Å². The molecule has 0 aromatic carbocycles. The second-order valence-corrected chi connectivity index (χ2v) is 4.12. The smallest absolute Gasteiger partial charge is 0.0578 e. The van der Waals surface area contributed by atoms with Crippen LogP contribution in [0.5, 0.6) is 0 Å². The van der Waals surface area contributed by atoms with Gasteiger partial charge in [-0.3, -0.25) is 0 Å². The van der Waals surface area contributed by atoms with Crippen molar-refractivity contribution >= 4 is 0 Å². The molecule has 0 N–H and O–H groups in total. The summed E-state index contributed by atoms with van der Waals surface area (Å²) in [5.74, 6) is 2.22. The lowest BCUT2D eigenvalue weighted by Crippen LogP contribution is -2.41. The number of rotatable bonds is 0. The van der Waals surface area contributed by atoms with Crippen molar-refractivity contribution < 1.29 is 4.74 Å². The van der Waals surface area contributed by atoms with Crippen molar-refractivity contribution in [3.05, 3.63) is 0 Å². The van der Waals surface area contributed by atoms with E-state index in [4.69, 9.17) is 4.74 Å². The summed E-state index contributed by atoms with van der Waals surface area (Å²) in [7, 11) is 0. The molecule has 0 saturated carbocycles. The third-order valence-electron chi connectivity index (χ3n) is 3.57. The van der Waals surface area contributed by atoms with Crippen molar-refractivity contribution in [2.24, 2.45) is 17.8 Å². The molecular weight excluding hydrogens is 136 g/mol. The van der Waals surface area contributed by atoms with Gasteiger partial charge in [0.25, 0.3) is 0 Å². The molecule has 1 saturated heterocycles. The zero-order valence-corrected chi connectivity index (χ0v) is 8.29. The van der Waals surface area contributed by atoms with E-state index in [1.807, 2.05) is 0 Å². The van der Waals surface area contributed by atoms with Crippen LogP contribution >= 0.6 is 0 Å². The molecule has 0 bridgehead atoms. The van der Waals surface area contributed by atoms with Gasteiger partial charge in [0, 0.05) is 0 Å². The third kappa shape index (κ3) is 1.58. The number of hydrogen-bond acceptors (Lipinski definition) is 1. The van der Waals surface area contributed by atoms with Gasteiger partial charge in [-0.15, -0.1) is 0 Å². The van der Waals surface area contributed by atoms with E-state index in [2.05, 4.69) is 34.6 Å². The maximum Gasteiger partial charge on any atom is 0.0578 e. The summed E-state index contributed by atoms with van der Waals surface area (Å²) >= 11 is 0. The van der Waals surface area contributed by atoms with Crippen molar-refractivity contribution in [3.8, 4) is 0 Å². The van der Waals surface area contributed by atoms with Crippen LogP contribution in [-0.2, 0) is 4.74 Å². The minimum Gasteiger partial charge on any atom is -0.375 e. The highest BCUT2D eigenvalue weighted by Gasteiger charge is 2.34. The van der Waals surface area contributed by atoms with E-state index in [0.717, 1.165) is 5.92 Å². The molecule has 1 heterocycles. The first-order valence-electron chi connectivity index (χ1n) is 4.69. The first-order chi connectivity index (χ1) is 5.04. The van der Waals surface area contributed by atoms with E-state index in [1.54, 1.807) is 0 Å². The van der Waals surface area contributed by atoms with Crippen LogP contribution in [0.2, 0.25) is 0 Å². The van der Waals surface area contributed by atoms with Crippen molar-refractivity contribution in [1.82, 2.24) is 0 Å². The lowest BCUT2D eigenvalue weighted by atomic mass is 9.77. The molecule has 0 aliphatic carbocycles. The third-order valence-corrected chi connectivity index (χ3v) is 3.57. The quantitative estimate of drug-likeness (QED) is 0.524. The van der Waals surface area contributed by atoms with Gasteiger partial charge in [-0.1, -0.05) is 20.8 Å². The SMILES string of the molecule is CC1[C@@H](C)[C@@H](C)O[C@H](C)[C@H]1C. The molecule has 1 aliphatic rings. The molecule has 1 fully saturated rings. The normalized spacial score (nSPS) is 52.6. The summed E-state index contributed by atoms with van der Waals surface area (Å²) in [6, 6.07) is 0. The fraction of sp³-hybridized carbons (Fsp3) is 1.00. The molecule has 0 spiro atoms. The molecule has 11 heavy (non-hydrogen) atoms. The minimum atomic E-state index is 0.441. The summed E-state index contributed by atoms with van der Waals surface area (Å²) in [5, 5.41) is 0.